The van der Waals surface area contributed by atoms with Gasteiger partial charge >= 0.3 is 0 Å². The Bertz CT molecular complexity index is 125. The Hall–Kier alpha value is -0.720. The van der Waals surface area contributed by atoms with Gasteiger partial charge in [0.1, 0.15) is 0 Å². The van der Waals surface area contributed by atoms with Crippen molar-refractivity contribution in [3.8, 4) is 0 Å². The third-order valence-electron chi connectivity index (χ3n) is 1.58. The first-order valence-electron chi connectivity index (χ1n) is 3.50. The average molecular weight is 123 g/mol. The molecule has 1 heteroatoms. The Balaban J connectivity index is 2.36. The third kappa shape index (κ3) is 1.92. The van der Waals surface area contributed by atoms with Crippen LogP contribution >= 0.6 is 0 Å². The van der Waals surface area contributed by atoms with E-state index in [1.165, 1.54) is 31.4 Å². The lowest BCUT2D eigenvalue weighted by Gasteiger charge is -2.11. The zero-order chi connectivity index (χ0) is 6.53. The fourth-order valence-electron chi connectivity index (χ4n) is 1.10. The molecule has 9 heavy (non-hydrogen) atoms. The summed E-state index contributed by atoms with van der Waals surface area (Å²) in [6.07, 6.45) is 9.11. The van der Waals surface area contributed by atoms with Crippen molar-refractivity contribution in [1.29, 1.82) is 0 Å². The number of hydrogen-bond acceptors (Lipinski definition) is 1. The molecule has 0 bridgehead atoms. The van der Waals surface area contributed by atoms with E-state index < -0.39 is 0 Å². The quantitative estimate of drug-likeness (QED) is 0.593. The van der Waals surface area contributed by atoms with Crippen molar-refractivity contribution < 1.29 is 0 Å². The second-order valence-corrected chi connectivity index (χ2v) is 2.32. The summed E-state index contributed by atoms with van der Waals surface area (Å²) in [6.45, 7) is 3.60. The van der Waals surface area contributed by atoms with Gasteiger partial charge in [-0.2, -0.15) is 0 Å². The molecule has 0 atom stereocenters. The van der Waals surface area contributed by atoms with Gasteiger partial charge in [0.2, 0.25) is 0 Å². The summed E-state index contributed by atoms with van der Waals surface area (Å²) in [5, 5.41) is 3.11. The van der Waals surface area contributed by atoms with Crippen LogP contribution in [0.5, 0.6) is 0 Å². The zero-order valence-corrected chi connectivity index (χ0v) is 5.69. The molecule has 0 saturated carbocycles. The molecule has 0 aromatic rings. The summed E-state index contributed by atoms with van der Waals surface area (Å²) < 4.78 is 0. The van der Waals surface area contributed by atoms with Crippen LogP contribution in [0, 0.1) is 0 Å². The minimum atomic E-state index is 1.20. The van der Waals surface area contributed by atoms with Gasteiger partial charge in [-0.05, 0) is 31.9 Å². The van der Waals surface area contributed by atoms with Gasteiger partial charge in [0.15, 0.2) is 0 Å². The molecule has 50 valence electrons. The molecular formula is C8H13N. The molecule has 0 radical (unpaired) electrons. The van der Waals surface area contributed by atoms with Gasteiger partial charge < -0.3 is 5.32 Å². The van der Waals surface area contributed by atoms with Crippen molar-refractivity contribution in [3.05, 3.63) is 24.6 Å². The van der Waals surface area contributed by atoms with Crippen LogP contribution in [0.25, 0.3) is 0 Å². The maximum atomic E-state index is 3.60. The van der Waals surface area contributed by atoms with Crippen molar-refractivity contribution in [1.82, 2.24) is 5.32 Å². The molecule has 0 spiro atoms. The molecule has 0 fully saturated rings. The number of rotatable bonds is 2. The first-order chi connectivity index (χ1) is 4.43. The highest BCUT2D eigenvalue weighted by Crippen LogP contribution is 2.14. The van der Waals surface area contributed by atoms with Crippen LogP contribution in [0.3, 0.4) is 0 Å². The molecule has 1 aliphatic rings. The molecule has 0 saturated heterocycles. The highest BCUT2D eigenvalue weighted by molar-refractivity contribution is 5.04. The molecule has 1 rings (SSSR count). The van der Waals surface area contributed by atoms with Crippen molar-refractivity contribution in [2.24, 2.45) is 0 Å². The van der Waals surface area contributed by atoms with E-state index in [4.69, 9.17) is 0 Å². The maximum absolute atomic E-state index is 3.60. The summed E-state index contributed by atoms with van der Waals surface area (Å²) in [5.74, 6) is 0. The summed E-state index contributed by atoms with van der Waals surface area (Å²) >= 11 is 0. The molecule has 0 aliphatic heterocycles. The van der Waals surface area contributed by atoms with Crippen molar-refractivity contribution >= 4 is 0 Å². The van der Waals surface area contributed by atoms with Gasteiger partial charge in [0, 0.05) is 5.70 Å². The van der Waals surface area contributed by atoms with Gasteiger partial charge in [0.25, 0.3) is 0 Å². The SMILES string of the molecule is C=CNC1=CCCCC1. The number of allylic oxidation sites excluding steroid dienone is 2. The van der Waals surface area contributed by atoms with Crippen LogP contribution in [-0.4, -0.2) is 0 Å². The van der Waals surface area contributed by atoms with Gasteiger partial charge in [-0.25, -0.2) is 0 Å². The van der Waals surface area contributed by atoms with Gasteiger partial charge in [-0.3, -0.25) is 0 Å². The van der Waals surface area contributed by atoms with Crippen LogP contribution in [-0.2, 0) is 0 Å². The highest BCUT2D eigenvalue weighted by atomic mass is 14.8. The molecule has 1 N–H and O–H groups in total. The Morgan fingerprint density at radius 2 is 2.44 bits per heavy atom. The van der Waals surface area contributed by atoms with E-state index in [1.54, 1.807) is 6.20 Å². The molecule has 1 aliphatic carbocycles. The Morgan fingerprint density at radius 3 is 3.00 bits per heavy atom. The largest absolute Gasteiger partial charge is 0.366 e. The predicted molar refractivity (Wildman–Crippen MR) is 39.9 cm³/mol. The summed E-state index contributed by atoms with van der Waals surface area (Å²) in [5.41, 5.74) is 1.34. The lowest BCUT2D eigenvalue weighted by Crippen LogP contribution is -2.06. The monoisotopic (exact) mass is 123 g/mol. The summed E-state index contributed by atoms with van der Waals surface area (Å²) in [7, 11) is 0. The Labute approximate surface area is 56.5 Å². The van der Waals surface area contributed by atoms with Crippen molar-refractivity contribution in [3.63, 3.8) is 0 Å². The Morgan fingerprint density at radius 1 is 1.56 bits per heavy atom. The second-order valence-electron chi connectivity index (χ2n) is 2.32. The standard InChI is InChI=1S/C8H13N/c1-2-9-8-6-4-3-5-7-8/h2,6,9H,1,3-5,7H2. The van der Waals surface area contributed by atoms with Crippen molar-refractivity contribution in [2.45, 2.75) is 25.7 Å². The van der Waals surface area contributed by atoms with E-state index in [2.05, 4.69) is 18.0 Å². The molecular weight excluding hydrogens is 110 g/mol. The first kappa shape index (κ1) is 6.40. The van der Waals surface area contributed by atoms with E-state index in [-0.39, 0.29) is 0 Å². The topological polar surface area (TPSA) is 12.0 Å². The number of nitrogens with one attached hydrogen (secondary N) is 1. The summed E-state index contributed by atoms with van der Waals surface area (Å²) in [6, 6.07) is 0. The van der Waals surface area contributed by atoms with Gasteiger partial charge in [-0.1, -0.05) is 12.7 Å². The predicted octanol–water partition coefficient (Wildman–Crippen LogP) is 2.18. The maximum Gasteiger partial charge on any atom is 0.0105 e. The minimum Gasteiger partial charge on any atom is -0.366 e. The zero-order valence-electron chi connectivity index (χ0n) is 5.69. The van der Waals surface area contributed by atoms with Gasteiger partial charge in [0.05, 0.1) is 0 Å². The van der Waals surface area contributed by atoms with Crippen LogP contribution in [0.2, 0.25) is 0 Å². The fourth-order valence-corrected chi connectivity index (χ4v) is 1.10. The van der Waals surface area contributed by atoms with Crippen LogP contribution in [0.4, 0.5) is 0 Å². The molecule has 0 heterocycles. The highest BCUT2D eigenvalue weighted by Gasteiger charge is 1.99. The van der Waals surface area contributed by atoms with Crippen molar-refractivity contribution in [2.75, 3.05) is 0 Å². The first-order valence-corrected chi connectivity index (χ1v) is 3.50. The van der Waals surface area contributed by atoms with E-state index in [0.717, 1.165) is 0 Å². The second kappa shape index (κ2) is 3.33. The smallest absolute Gasteiger partial charge is 0.0105 e. The third-order valence-corrected chi connectivity index (χ3v) is 1.58. The lowest BCUT2D eigenvalue weighted by molar-refractivity contribution is 0.675. The number of hydrogen-bond donors (Lipinski definition) is 1. The van der Waals surface area contributed by atoms with E-state index in [9.17, 15) is 0 Å². The normalized spacial score (nSPS) is 18.4. The van der Waals surface area contributed by atoms with E-state index >= 15 is 0 Å². The molecule has 0 unspecified atom stereocenters. The van der Waals surface area contributed by atoms with E-state index in [0.29, 0.717) is 0 Å². The Kier molecular flexibility index (Phi) is 2.37. The molecule has 0 amide bonds. The minimum absolute atomic E-state index is 1.20. The van der Waals surface area contributed by atoms with Crippen LogP contribution < -0.4 is 5.32 Å². The lowest BCUT2D eigenvalue weighted by atomic mass is 10.1. The van der Waals surface area contributed by atoms with Crippen LogP contribution in [0.1, 0.15) is 25.7 Å². The molecule has 0 aromatic heterocycles. The van der Waals surface area contributed by atoms with Crippen LogP contribution in [0.15, 0.2) is 24.6 Å². The molecule has 0 aromatic carbocycles. The average Bonchev–Trinajstić information content (AvgIpc) is 1.91. The van der Waals surface area contributed by atoms with E-state index in [1.807, 2.05) is 0 Å². The fraction of sp³-hybridized carbons (Fsp3) is 0.500. The van der Waals surface area contributed by atoms with Gasteiger partial charge in [-0.15, -0.1) is 0 Å². The molecule has 1 nitrogen and oxygen atoms in total. The summed E-state index contributed by atoms with van der Waals surface area (Å²) in [4.78, 5) is 0.